The molecule has 2 bridgehead atoms. The molecule has 0 radical (unpaired) electrons. The number of likely N-dealkylation sites (N-methyl/N-ethyl adjacent to an activating group) is 1. The number of carbonyl (C=O) groups excluding carboxylic acids is 1. The summed E-state index contributed by atoms with van der Waals surface area (Å²) in [5.41, 5.74) is 1.49. The number of rotatable bonds is 5. The van der Waals surface area contributed by atoms with Crippen LogP contribution in [0.2, 0.25) is 5.02 Å². The van der Waals surface area contributed by atoms with Crippen LogP contribution in [0.5, 0.6) is 11.5 Å². The zero-order valence-electron chi connectivity index (χ0n) is 21.1. The summed E-state index contributed by atoms with van der Waals surface area (Å²) in [6.45, 7) is 1.95. The highest BCUT2D eigenvalue weighted by Gasteiger charge is 2.73. The highest BCUT2D eigenvalue weighted by molar-refractivity contribution is 6.30. The van der Waals surface area contributed by atoms with Gasteiger partial charge in [-0.1, -0.05) is 29.8 Å². The van der Waals surface area contributed by atoms with Crippen LogP contribution in [0.15, 0.2) is 42.5 Å². The molecule has 3 aliphatic carbocycles. The number of aliphatic hydroxyl groups is 1. The van der Waals surface area contributed by atoms with E-state index in [0.29, 0.717) is 23.6 Å². The summed E-state index contributed by atoms with van der Waals surface area (Å²) in [7, 11) is 1.83. The predicted molar refractivity (Wildman–Crippen MR) is 142 cm³/mol. The van der Waals surface area contributed by atoms with E-state index in [-0.39, 0.29) is 23.7 Å². The van der Waals surface area contributed by atoms with Gasteiger partial charge in [-0.05, 0) is 86.4 Å². The van der Waals surface area contributed by atoms with Gasteiger partial charge in [0.05, 0.1) is 17.1 Å². The van der Waals surface area contributed by atoms with Crippen LogP contribution in [0.1, 0.15) is 48.8 Å². The van der Waals surface area contributed by atoms with Crippen LogP contribution in [-0.2, 0) is 16.6 Å². The minimum Gasteiger partial charge on any atom is -0.504 e. The lowest BCUT2D eigenvalue weighted by atomic mass is 9.48. The van der Waals surface area contributed by atoms with E-state index in [2.05, 4.69) is 4.90 Å². The summed E-state index contributed by atoms with van der Waals surface area (Å²) >= 11 is 5.99. The standard InChI is InChI=1S/C30H33ClN2O4/c1-32(25(35)11-6-18-4-8-21(31)9-5-18)22-12-13-30(36)24-16-20-7-10-23(34)27-26(20)29(30,28(22)37-27)14-15-33(24)17-19-2-3-19/h4-11,19,22,24,28,34,36H,2-3,12-17H2,1H3/t22-,24+,28-,29-,30+/m0/s1. The Morgan fingerprint density at radius 2 is 1.97 bits per heavy atom. The third-order valence-corrected chi connectivity index (χ3v) is 10.1. The van der Waals surface area contributed by atoms with E-state index in [1.54, 1.807) is 35.3 Å². The number of phenolic OH excluding ortho intramolecular Hbond substituents is 1. The van der Waals surface area contributed by atoms with Crippen molar-refractivity contribution in [2.24, 2.45) is 5.92 Å². The van der Waals surface area contributed by atoms with Gasteiger partial charge in [0, 0.05) is 36.3 Å². The lowest BCUT2D eigenvalue weighted by Gasteiger charge is -2.64. The molecule has 0 aromatic heterocycles. The van der Waals surface area contributed by atoms with Gasteiger partial charge in [0.25, 0.3) is 0 Å². The summed E-state index contributed by atoms with van der Waals surface area (Å²) in [5, 5.41) is 24.1. The first-order valence-electron chi connectivity index (χ1n) is 13.5. The average molecular weight is 521 g/mol. The highest BCUT2D eigenvalue weighted by Crippen LogP contribution is 2.66. The molecule has 2 aliphatic heterocycles. The molecule has 6 nitrogen and oxygen atoms in total. The lowest BCUT2D eigenvalue weighted by Crippen LogP contribution is -2.78. The quantitative estimate of drug-likeness (QED) is 0.579. The molecular formula is C30H33ClN2O4. The van der Waals surface area contributed by atoms with Gasteiger partial charge < -0.3 is 19.8 Å². The normalized spacial score (nSPS) is 33.8. The van der Waals surface area contributed by atoms with Crippen molar-refractivity contribution >= 4 is 23.6 Å². The van der Waals surface area contributed by atoms with Crippen LogP contribution in [0, 0.1) is 5.92 Å². The zero-order valence-corrected chi connectivity index (χ0v) is 21.8. The number of aromatic hydroxyl groups is 1. The SMILES string of the molecule is CN(C(=O)C=Cc1ccc(Cl)cc1)[C@H]1CC[C@@]2(O)[C@H]3Cc4ccc(O)c5c4[C@@]2(CCN3CC2CC2)[C@H]1O5. The maximum absolute atomic E-state index is 13.3. The van der Waals surface area contributed by atoms with Crippen molar-refractivity contribution in [2.75, 3.05) is 20.1 Å². The van der Waals surface area contributed by atoms with E-state index in [1.165, 1.54) is 18.4 Å². The van der Waals surface area contributed by atoms with E-state index in [9.17, 15) is 15.0 Å². The minimum atomic E-state index is -0.948. The van der Waals surface area contributed by atoms with Crippen molar-refractivity contribution in [3.63, 3.8) is 0 Å². The molecule has 7 rings (SSSR count). The first-order valence-corrected chi connectivity index (χ1v) is 13.9. The highest BCUT2D eigenvalue weighted by atomic mass is 35.5. The van der Waals surface area contributed by atoms with Gasteiger partial charge in [0.15, 0.2) is 11.5 Å². The molecule has 2 heterocycles. The Hall–Kier alpha value is -2.54. The first-order chi connectivity index (χ1) is 17.8. The smallest absolute Gasteiger partial charge is 0.246 e. The molecule has 2 aromatic rings. The predicted octanol–water partition coefficient (Wildman–Crippen LogP) is 4.15. The molecule has 2 N–H and O–H groups in total. The first kappa shape index (κ1) is 23.6. The molecule has 1 saturated heterocycles. The molecule has 0 unspecified atom stereocenters. The summed E-state index contributed by atoms with van der Waals surface area (Å²) in [6.07, 6.45) is 8.35. The van der Waals surface area contributed by atoms with Gasteiger partial charge in [-0.3, -0.25) is 9.69 Å². The summed E-state index contributed by atoms with van der Waals surface area (Å²) in [6, 6.07) is 10.9. The lowest BCUT2D eigenvalue weighted by molar-refractivity contribution is -0.200. The van der Waals surface area contributed by atoms with Gasteiger partial charge >= 0.3 is 0 Å². The zero-order chi connectivity index (χ0) is 25.5. The Balaban J connectivity index is 1.24. The molecule has 7 heteroatoms. The van der Waals surface area contributed by atoms with Gasteiger partial charge in [-0.25, -0.2) is 0 Å². The molecule has 194 valence electrons. The van der Waals surface area contributed by atoms with Crippen molar-refractivity contribution in [2.45, 2.75) is 67.7 Å². The molecule has 2 saturated carbocycles. The van der Waals surface area contributed by atoms with Gasteiger partial charge in [0.1, 0.15) is 6.10 Å². The summed E-state index contributed by atoms with van der Waals surface area (Å²) < 4.78 is 6.60. The Bertz CT molecular complexity index is 1290. The van der Waals surface area contributed by atoms with Crippen molar-refractivity contribution in [3.8, 4) is 11.5 Å². The third kappa shape index (κ3) is 3.35. The van der Waals surface area contributed by atoms with Crippen LogP contribution in [0.4, 0.5) is 0 Å². The summed E-state index contributed by atoms with van der Waals surface area (Å²) in [4.78, 5) is 17.6. The second kappa shape index (κ2) is 8.23. The fourth-order valence-electron chi connectivity index (χ4n) is 7.87. The van der Waals surface area contributed by atoms with Crippen LogP contribution in [-0.4, -0.2) is 69.8 Å². The second-order valence-electron chi connectivity index (χ2n) is 11.7. The number of ether oxygens (including phenoxy) is 1. The van der Waals surface area contributed by atoms with Gasteiger partial charge in [0.2, 0.25) is 5.91 Å². The fraction of sp³-hybridized carbons (Fsp3) is 0.500. The van der Waals surface area contributed by atoms with E-state index in [4.69, 9.17) is 16.3 Å². The van der Waals surface area contributed by atoms with Gasteiger partial charge in [-0.2, -0.15) is 0 Å². The molecule has 3 fully saturated rings. The molecule has 1 spiro atoms. The number of phenols is 1. The number of halogens is 1. The van der Waals surface area contributed by atoms with Crippen LogP contribution in [0.3, 0.4) is 0 Å². The Labute approximate surface area is 222 Å². The number of amides is 1. The van der Waals surface area contributed by atoms with Crippen molar-refractivity contribution in [3.05, 3.63) is 64.2 Å². The Kier molecular flexibility index (Phi) is 5.24. The van der Waals surface area contributed by atoms with Gasteiger partial charge in [-0.15, -0.1) is 0 Å². The Morgan fingerprint density at radius 1 is 1.19 bits per heavy atom. The van der Waals surface area contributed by atoms with E-state index >= 15 is 0 Å². The van der Waals surface area contributed by atoms with E-state index in [1.807, 2.05) is 25.2 Å². The number of carbonyl (C=O) groups is 1. The van der Waals surface area contributed by atoms with E-state index in [0.717, 1.165) is 43.0 Å². The van der Waals surface area contributed by atoms with Crippen molar-refractivity contribution < 1.29 is 19.7 Å². The number of nitrogens with zero attached hydrogens (tertiary/aromatic N) is 2. The molecule has 5 atom stereocenters. The number of piperidine rings is 1. The fourth-order valence-corrected chi connectivity index (χ4v) is 8.00. The maximum atomic E-state index is 13.3. The third-order valence-electron chi connectivity index (χ3n) is 9.86. The largest absolute Gasteiger partial charge is 0.504 e. The van der Waals surface area contributed by atoms with Crippen LogP contribution in [0.25, 0.3) is 6.08 Å². The van der Waals surface area contributed by atoms with Crippen LogP contribution < -0.4 is 4.74 Å². The molecule has 2 aromatic carbocycles. The van der Waals surface area contributed by atoms with Crippen LogP contribution >= 0.6 is 11.6 Å². The van der Waals surface area contributed by atoms with E-state index < -0.39 is 17.1 Å². The number of hydrogen-bond donors (Lipinski definition) is 2. The average Bonchev–Trinajstić information content (AvgIpc) is 3.63. The number of hydrogen-bond acceptors (Lipinski definition) is 5. The molecule has 37 heavy (non-hydrogen) atoms. The monoisotopic (exact) mass is 520 g/mol. The molecule has 1 amide bonds. The van der Waals surface area contributed by atoms with Crippen molar-refractivity contribution in [1.29, 1.82) is 0 Å². The minimum absolute atomic E-state index is 0.0303. The topological polar surface area (TPSA) is 73.2 Å². The number of likely N-dealkylation sites (tertiary alicyclic amines) is 1. The number of benzene rings is 2. The molecular weight excluding hydrogens is 488 g/mol. The molecule has 5 aliphatic rings. The Morgan fingerprint density at radius 3 is 2.73 bits per heavy atom. The maximum Gasteiger partial charge on any atom is 0.246 e. The second-order valence-corrected chi connectivity index (χ2v) is 12.2. The van der Waals surface area contributed by atoms with Crippen molar-refractivity contribution in [1.82, 2.24) is 9.80 Å². The summed E-state index contributed by atoms with van der Waals surface area (Å²) in [5.74, 6) is 1.28.